The number of pyridine rings is 1. The van der Waals surface area contributed by atoms with Crippen LogP contribution in [-0.4, -0.2) is 68.1 Å². The Morgan fingerprint density at radius 3 is 2.51 bits per heavy atom. The number of benzene rings is 2. The lowest BCUT2D eigenvalue weighted by Crippen LogP contribution is -2.41. The Hall–Kier alpha value is -4.48. The van der Waals surface area contributed by atoms with Crippen molar-refractivity contribution in [3.05, 3.63) is 82.6 Å². The van der Waals surface area contributed by atoms with E-state index in [1.165, 1.54) is 24.2 Å². The van der Waals surface area contributed by atoms with E-state index in [4.69, 9.17) is 9.47 Å². The lowest BCUT2D eigenvalue weighted by Gasteiger charge is -2.28. The lowest BCUT2D eigenvalue weighted by molar-refractivity contribution is -0.131. The summed E-state index contributed by atoms with van der Waals surface area (Å²) in [6.45, 7) is 4.12. The number of hydrogen-bond donors (Lipinski definition) is 1. The van der Waals surface area contributed by atoms with Gasteiger partial charge in [-0.05, 0) is 84.8 Å². The van der Waals surface area contributed by atoms with Crippen molar-refractivity contribution < 1.29 is 27.5 Å². The first-order valence-electron chi connectivity index (χ1n) is 16.2. The number of sulfonamides is 1. The van der Waals surface area contributed by atoms with Gasteiger partial charge in [-0.25, -0.2) is 9.71 Å². The fraction of sp³-hybridized carbons (Fsp3) is 0.361. The molecule has 3 aliphatic rings. The largest absolute Gasteiger partial charge is 0.497 e. The summed E-state index contributed by atoms with van der Waals surface area (Å²) in [5, 5.41) is 0.783. The first-order valence-corrected chi connectivity index (χ1v) is 17.6. The first-order chi connectivity index (χ1) is 22.7. The minimum atomic E-state index is -4.19. The monoisotopic (exact) mass is 654 g/mol. The highest BCUT2D eigenvalue weighted by Gasteiger charge is 2.32. The van der Waals surface area contributed by atoms with Crippen molar-refractivity contribution in [2.24, 2.45) is 0 Å². The molecule has 10 nitrogen and oxygen atoms in total. The van der Waals surface area contributed by atoms with Crippen LogP contribution in [0, 0.1) is 6.92 Å². The van der Waals surface area contributed by atoms with Gasteiger partial charge in [0.05, 0.1) is 32.6 Å². The van der Waals surface area contributed by atoms with E-state index in [9.17, 15) is 18.0 Å². The molecule has 2 aromatic carbocycles. The van der Waals surface area contributed by atoms with Crippen LogP contribution >= 0.6 is 0 Å². The van der Waals surface area contributed by atoms with Gasteiger partial charge in [-0.3, -0.25) is 9.59 Å². The fourth-order valence-electron chi connectivity index (χ4n) is 7.13. The van der Waals surface area contributed by atoms with Gasteiger partial charge in [0.25, 0.3) is 21.8 Å². The van der Waals surface area contributed by atoms with Crippen LogP contribution in [0.5, 0.6) is 5.75 Å². The number of rotatable bonds is 6. The SMILES string of the molecule is COc1ccc2c(c1)C=C(C(=O)N1CCOCC1)Cn1c-2c(C2CCCCC2)c2ccc(C(=O)NS(=O)(=O)c3ccc(C)cn3)cc21. The Labute approximate surface area is 274 Å². The molecule has 2 fully saturated rings. The standard InChI is InChI=1S/C36H38N4O6S/c1-23-8-13-32(37-21-23)47(43,44)38-35(41)25-9-11-30-31(20-25)40-22-27(36(42)39-14-16-46-17-15-39)18-26-19-28(45-2)10-12-29(26)34(40)33(30)24-6-4-3-5-7-24/h8-13,18-21,24H,3-7,14-17,22H2,1-2H3,(H,38,41). The zero-order valence-electron chi connectivity index (χ0n) is 26.6. The van der Waals surface area contributed by atoms with Gasteiger partial charge in [0.15, 0.2) is 5.03 Å². The predicted molar refractivity (Wildman–Crippen MR) is 179 cm³/mol. The molecule has 47 heavy (non-hydrogen) atoms. The molecule has 1 saturated carbocycles. The van der Waals surface area contributed by atoms with Crippen LogP contribution in [0.3, 0.4) is 0 Å². The summed E-state index contributed by atoms with van der Waals surface area (Å²) < 4.78 is 41.6. The van der Waals surface area contributed by atoms with E-state index in [-0.39, 0.29) is 16.5 Å². The second-order valence-corrected chi connectivity index (χ2v) is 14.2. The summed E-state index contributed by atoms with van der Waals surface area (Å²) in [5.41, 5.74) is 6.54. The fourth-order valence-corrected chi connectivity index (χ4v) is 8.03. The van der Waals surface area contributed by atoms with Gasteiger partial charge in [0.2, 0.25) is 0 Å². The average Bonchev–Trinajstić information content (AvgIpc) is 3.30. The maximum absolute atomic E-state index is 14.0. The summed E-state index contributed by atoms with van der Waals surface area (Å²) in [5.74, 6) is 0.205. The van der Waals surface area contributed by atoms with E-state index in [2.05, 4.69) is 20.3 Å². The number of fused-ring (bicyclic) bond motifs is 5. The van der Waals surface area contributed by atoms with Gasteiger partial charge >= 0.3 is 0 Å². The topological polar surface area (TPSA) is 120 Å². The molecule has 4 aromatic rings. The average molecular weight is 655 g/mol. The van der Waals surface area contributed by atoms with Crippen LogP contribution in [0.2, 0.25) is 0 Å². The number of carbonyl (C=O) groups is 2. The Bertz CT molecular complexity index is 2000. The lowest BCUT2D eigenvalue weighted by atomic mass is 9.81. The van der Waals surface area contributed by atoms with E-state index in [1.54, 1.807) is 25.3 Å². The van der Waals surface area contributed by atoms with E-state index in [1.807, 2.05) is 36.1 Å². The van der Waals surface area contributed by atoms with Crippen LogP contribution in [0.1, 0.15) is 65.1 Å². The number of methoxy groups -OCH3 is 1. The highest BCUT2D eigenvalue weighted by molar-refractivity contribution is 7.90. The van der Waals surface area contributed by atoms with Crippen LogP contribution in [-0.2, 0) is 26.1 Å². The zero-order valence-corrected chi connectivity index (χ0v) is 27.4. The molecule has 0 spiro atoms. The van der Waals surface area contributed by atoms with E-state index in [0.717, 1.165) is 59.0 Å². The summed E-state index contributed by atoms with van der Waals surface area (Å²) in [4.78, 5) is 33.4. The van der Waals surface area contributed by atoms with Crippen molar-refractivity contribution >= 4 is 38.8 Å². The summed E-state index contributed by atoms with van der Waals surface area (Å²) in [7, 11) is -2.56. The second kappa shape index (κ2) is 12.6. The van der Waals surface area contributed by atoms with E-state index < -0.39 is 15.9 Å². The molecule has 0 unspecified atom stereocenters. The van der Waals surface area contributed by atoms with E-state index >= 15 is 0 Å². The molecule has 1 N–H and O–H groups in total. The molecule has 0 atom stereocenters. The van der Waals surface area contributed by atoms with Crippen LogP contribution < -0.4 is 9.46 Å². The van der Waals surface area contributed by atoms with Crippen molar-refractivity contribution in [1.82, 2.24) is 19.2 Å². The van der Waals surface area contributed by atoms with Gasteiger partial charge in [-0.1, -0.05) is 31.4 Å². The number of aryl methyl sites for hydroxylation is 1. The molecule has 4 heterocycles. The van der Waals surface area contributed by atoms with Crippen molar-refractivity contribution in [2.45, 2.75) is 56.5 Å². The number of aromatic nitrogens is 2. The van der Waals surface area contributed by atoms with Crippen LogP contribution in [0.4, 0.5) is 0 Å². The number of nitrogens with zero attached hydrogens (tertiary/aromatic N) is 3. The normalized spacial score (nSPS) is 17.0. The van der Waals surface area contributed by atoms with Gasteiger partial charge in [0.1, 0.15) is 5.75 Å². The highest BCUT2D eigenvalue weighted by Crippen LogP contribution is 2.47. The third-order valence-corrected chi connectivity index (χ3v) is 10.8. The summed E-state index contributed by atoms with van der Waals surface area (Å²) in [6.07, 6.45) is 8.99. The highest BCUT2D eigenvalue weighted by atomic mass is 32.2. The minimum Gasteiger partial charge on any atom is -0.497 e. The zero-order chi connectivity index (χ0) is 32.7. The number of amides is 2. The molecule has 2 amide bonds. The van der Waals surface area contributed by atoms with Gasteiger partial charge in [0, 0.05) is 46.9 Å². The maximum atomic E-state index is 14.0. The molecule has 1 saturated heterocycles. The molecule has 7 rings (SSSR count). The first kappa shape index (κ1) is 31.1. The van der Waals surface area contributed by atoms with Gasteiger partial charge in [-0.15, -0.1) is 0 Å². The maximum Gasteiger partial charge on any atom is 0.281 e. The number of morpholine rings is 1. The number of nitrogens with one attached hydrogen (secondary N) is 1. The molecule has 0 bridgehead atoms. The number of ether oxygens (including phenoxy) is 2. The molecule has 0 radical (unpaired) electrons. The minimum absolute atomic E-state index is 0.0541. The molecule has 1 aliphatic carbocycles. The van der Waals surface area contributed by atoms with Crippen molar-refractivity contribution in [3.63, 3.8) is 0 Å². The Morgan fingerprint density at radius 2 is 1.79 bits per heavy atom. The molecule has 2 aliphatic heterocycles. The predicted octanol–water partition coefficient (Wildman–Crippen LogP) is 5.44. The number of hydrogen-bond acceptors (Lipinski definition) is 7. The Balaban J connectivity index is 1.38. The number of carbonyl (C=O) groups excluding carboxylic acids is 2. The van der Waals surface area contributed by atoms with Gasteiger partial charge in [-0.2, -0.15) is 8.42 Å². The van der Waals surface area contributed by atoms with Crippen molar-refractivity contribution in [1.29, 1.82) is 0 Å². The van der Waals surface area contributed by atoms with E-state index in [0.29, 0.717) is 50.1 Å². The third-order valence-electron chi connectivity index (χ3n) is 9.51. The Morgan fingerprint density at radius 1 is 1.00 bits per heavy atom. The third kappa shape index (κ3) is 5.94. The van der Waals surface area contributed by atoms with Crippen molar-refractivity contribution in [3.8, 4) is 17.0 Å². The van der Waals surface area contributed by atoms with Crippen molar-refractivity contribution in [2.75, 3.05) is 33.4 Å². The second-order valence-electron chi connectivity index (χ2n) is 12.6. The molecular weight excluding hydrogens is 616 g/mol. The Kier molecular flexibility index (Phi) is 8.36. The van der Waals surface area contributed by atoms with Crippen LogP contribution in [0.15, 0.2) is 65.3 Å². The molecular formula is C36H38N4O6S. The van der Waals surface area contributed by atoms with Gasteiger partial charge < -0.3 is 18.9 Å². The quantitative estimate of drug-likeness (QED) is 0.294. The molecule has 244 valence electrons. The smallest absolute Gasteiger partial charge is 0.281 e. The van der Waals surface area contributed by atoms with Crippen LogP contribution in [0.25, 0.3) is 28.2 Å². The summed E-state index contributed by atoms with van der Waals surface area (Å²) in [6, 6.07) is 14.4. The molecule has 2 aromatic heterocycles. The molecule has 11 heteroatoms. The summed E-state index contributed by atoms with van der Waals surface area (Å²) >= 11 is 0.